The number of rotatable bonds is 3. The average Bonchev–Trinajstić information content (AvgIpc) is 2.30. The second-order valence-electron chi connectivity index (χ2n) is 3.20. The molecule has 0 N–H and O–H groups in total. The number of hydrogen-bond acceptors (Lipinski definition) is 3. The van der Waals surface area contributed by atoms with Crippen molar-refractivity contribution in [2.24, 2.45) is 0 Å². The Morgan fingerprint density at radius 2 is 1.81 bits per heavy atom. The van der Waals surface area contributed by atoms with Gasteiger partial charge < -0.3 is 4.74 Å². The molecule has 0 atom stereocenters. The first-order valence-corrected chi connectivity index (χ1v) is 4.99. The van der Waals surface area contributed by atoms with E-state index in [1.807, 2.05) is 0 Å². The summed E-state index contributed by atoms with van der Waals surface area (Å²) in [7, 11) is 1.18. The standard InChI is InChI=1S/C12H11ClO3/c1-8(11(14)12(15)16-2)7-9-3-5-10(13)6-4-9/h3-7H,1-2H3/b8-7+. The van der Waals surface area contributed by atoms with Crippen LogP contribution in [0.4, 0.5) is 0 Å². The maximum atomic E-state index is 11.4. The van der Waals surface area contributed by atoms with E-state index in [2.05, 4.69) is 4.74 Å². The van der Waals surface area contributed by atoms with Gasteiger partial charge in [0.15, 0.2) is 0 Å². The van der Waals surface area contributed by atoms with Crippen LogP contribution in [-0.4, -0.2) is 18.9 Å². The minimum Gasteiger partial charge on any atom is -0.463 e. The highest BCUT2D eigenvalue weighted by Crippen LogP contribution is 2.12. The molecule has 0 fully saturated rings. The molecule has 0 heterocycles. The molecule has 0 aliphatic heterocycles. The molecule has 3 nitrogen and oxygen atoms in total. The summed E-state index contributed by atoms with van der Waals surface area (Å²) >= 11 is 5.72. The summed E-state index contributed by atoms with van der Waals surface area (Å²) in [5, 5.41) is 0.620. The third-order valence-electron chi connectivity index (χ3n) is 1.98. The van der Waals surface area contributed by atoms with Crippen molar-refractivity contribution < 1.29 is 14.3 Å². The van der Waals surface area contributed by atoms with E-state index in [0.29, 0.717) is 10.6 Å². The molecule has 1 rings (SSSR count). The van der Waals surface area contributed by atoms with Crippen LogP contribution in [0.15, 0.2) is 29.8 Å². The number of benzene rings is 1. The van der Waals surface area contributed by atoms with Gasteiger partial charge >= 0.3 is 5.97 Å². The number of carbonyl (C=O) groups excluding carboxylic acids is 2. The van der Waals surface area contributed by atoms with Crippen molar-refractivity contribution in [2.45, 2.75) is 6.92 Å². The van der Waals surface area contributed by atoms with Crippen LogP contribution < -0.4 is 0 Å². The molecule has 16 heavy (non-hydrogen) atoms. The first kappa shape index (κ1) is 12.5. The van der Waals surface area contributed by atoms with Crippen LogP contribution in [-0.2, 0) is 14.3 Å². The predicted octanol–water partition coefficient (Wildman–Crippen LogP) is 2.49. The Hall–Kier alpha value is -1.61. The van der Waals surface area contributed by atoms with Crippen LogP contribution in [0.2, 0.25) is 5.02 Å². The fourth-order valence-electron chi connectivity index (χ4n) is 1.13. The van der Waals surface area contributed by atoms with Crippen molar-refractivity contribution in [1.29, 1.82) is 0 Å². The van der Waals surface area contributed by atoms with Gasteiger partial charge in [-0.15, -0.1) is 0 Å². The van der Waals surface area contributed by atoms with Gasteiger partial charge in [0.1, 0.15) is 0 Å². The Morgan fingerprint density at radius 3 is 2.31 bits per heavy atom. The van der Waals surface area contributed by atoms with Gasteiger partial charge in [0, 0.05) is 10.6 Å². The van der Waals surface area contributed by atoms with Crippen LogP contribution >= 0.6 is 11.6 Å². The number of methoxy groups -OCH3 is 1. The zero-order valence-electron chi connectivity index (χ0n) is 8.99. The lowest BCUT2D eigenvalue weighted by atomic mass is 10.1. The van der Waals surface area contributed by atoms with Gasteiger partial charge in [-0.3, -0.25) is 4.79 Å². The number of carbonyl (C=O) groups is 2. The van der Waals surface area contributed by atoms with Crippen molar-refractivity contribution in [3.8, 4) is 0 Å². The number of Topliss-reactive ketones (excluding diaryl/α,β-unsaturated/α-hetero) is 1. The molecule has 0 aromatic heterocycles. The van der Waals surface area contributed by atoms with Crippen molar-refractivity contribution in [2.75, 3.05) is 7.11 Å². The molecule has 0 aliphatic carbocycles. The lowest BCUT2D eigenvalue weighted by molar-refractivity contribution is -0.149. The normalized spacial score (nSPS) is 11.1. The van der Waals surface area contributed by atoms with Gasteiger partial charge in [-0.2, -0.15) is 0 Å². The van der Waals surface area contributed by atoms with Crippen LogP contribution in [0.25, 0.3) is 6.08 Å². The molecule has 1 aromatic rings. The maximum absolute atomic E-state index is 11.4. The van der Waals surface area contributed by atoms with Crippen molar-refractivity contribution in [3.05, 3.63) is 40.4 Å². The van der Waals surface area contributed by atoms with E-state index >= 15 is 0 Å². The summed E-state index contributed by atoms with van der Waals surface area (Å²) in [4.78, 5) is 22.3. The second-order valence-corrected chi connectivity index (χ2v) is 3.64. The predicted molar refractivity (Wildman–Crippen MR) is 62.1 cm³/mol. The van der Waals surface area contributed by atoms with E-state index in [1.54, 1.807) is 37.3 Å². The van der Waals surface area contributed by atoms with E-state index < -0.39 is 11.8 Å². The summed E-state index contributed by atoms with van der Waals surface area (Å²) in [5.41, 5.74) is 1.13. The van der Waals surface area contributed by atoms with Crippen LogP contribution in [0.3, 0.4) is 0 Å². The molecule has 0 radical (unpaired) electrons. The highest BCUT2D eigenvalue weighted by Gasteiger charge is 2.15. The van der Waals surface area contributed by atoms with E-state index in [0.717, 1.165) is 5.56 Å². The quantitative estimate of drug-likeness (QED) is 0.462. The van der Waals surface area contributed by atoms with E-state index in [-0.39, 0.29) is 0 Å². The van der Waals surface area contributed by atoms with Gasteiger partial charge in [0.2, 0.25) is 0 Å². The first-order chi connectivity index (χ1) is 7.54. The number of esters is 1. The van der Waals surface area contributed by atoms with E-state index in [4.69, 9.17) is 11.6 Å². The highest BCUT2D eigenvalue weighted by molar-refractivity contribution is 6.41. The molecule has 0 amide bonds. The zero-order chi connectivity index (χ0) is 12.1. The smallest absolute Gasteiger partial charge is 0.379 e. The Bertz CT molecular complexity index is 432. The Labute approximate surface area is 98.7 Å². The second kappa shape index (κ2) is 5.47. The van der Waals surface area contributed by atoms with Gasteiger partial charge in [0.05, 0.1) is 7.11 Å². The van der Waals surface area contributed by atoms with Crippen molar-refractivity contribution in [1.82, 2.24) is 0 Å². The fraction of sp³-hybridized carbons (Fsp3) is 0.167. The Morgan fingerprint density at radius 1 is 1.25 bits per heavy atom. The minimum atomic E-state index is -0.859. The minimum absolute atomic E-state index is 0.328. The highest BCUT2D eigenvalue weighted by atomic mass is 35.5. The maximum Gasteiger partial charge on any atom is 0.379 e. The molecular formula is C12H11ClO3. The SMILES string of the molecule is COC(=O)C(=O)/C(C)=C/c1ccc(Cl)cc1. The summed E-state index contributed by atoms with van der Waals surface area (Å²) < 4.78 is 4.34. The monoisotopic (exact) mass is 238 g/mol. The Balaban J connectivity index is 2.88. The number of halogens is 1. The largest absolute Gasteiger partial charge is 0.463 e. The third kappa shape index (κ3) is 3.21. The first-order valence-electron chi connectivity index (χ1n) is 4.61. The average molecular weight is 239 g/mol. The molecule has 0 unspecified atom stereocenters. The number of ether oxygens (including phenoxy) is 1. The molecule has 1 aromatic carbocycles. The third-order valence-corrected chi connectivity index (χ3v) is 2.23. The summed E-state index contributed by atoms with van der Waals surface area (Å²) in [6, 6.07) is 6.94. The molecule has 84 valence electrons. The topological polar surface area (TPSA) is 43.4 Å². The van der Waals surface area contributed by atoms with Crippen LogP contribution in [0, 0.1) is 0 Å². The van der Waals surface area contributed by atoms with Crippen molar-refractivity contribution in [3.63, 3.8) is 0 Å². The molecule has 0 saturated carbocycles. The zero-order valence-corrected chi connectivity index (χ0v) is 9.75. The molecule has 0 aliphatic rings. The molecular weight excluding hydrogens is 228 g/mol. The van der Waals surface area contributed by atoms with Crippen LogP contribution in [0.1, 0.15) is 12.5 Å². The Kier molecular flexibility index (Phi) is 4.26. The number of hydrogen-bond donors (Lipinski definition) is 0. The van der Waals surface area contributed by atoms with Crippen LogP contribution in [0.5, 0.6) is 0 Å². The number of ketones is 1. The summed E-state index contributed by atoms with van der Waals surface area (Å²) in [6.07, 6.45) is 1.61. The summed E-state index contributed by atoms with van der Waals surface area (Å²) in [6.45, 7) is 1.56. The van der Waals surface area contributed by atoms with Gasteiger partial charge in [-0.25, -0.2) is 4.79 Å². The lowest BCUT2D eigenvalue weighted by Gasteiger charge is -1.99. The molecule has 0 spiro atoms. The molecule has 4 heteroatoms. The lowest BCUT2D eigenvalue weighted by Crippen LogP contribution is -2.16. The van der Waals surface area contributed by atoms with Crippen molar-refractivity contribution >= 4 is 29.4 Å². The van der Waals surface area contributed by atoms with Gasteiger partial charge in [-0.05, 0) is 30.7 Å². The molecule has 0 bridgehead atoms. The van der Waals surface area contributed by atoms with Gasteiger partial charge in [0.25, 0.3) is 5.78 Å². The van der Waals surface area contributed by atoms with Gasteiger partial charge in [-0.1, -0.05) is 23.7 Å². The fourth-order valence-corrected chi connectivity index (χ4v) is 1.25. The molecule has 0 saturated heterocycles. The van der Waals surface area contributed by atoms with E-state index in [9.17, 15) is 9.59 Å². The summed E-state index contributed by atoms with van der Waals surface area (Å²) in [5.74, 6) is -1.50. The van der Waals surface area contributed by atoms with E-state index in [1.165, 1.54) is 7.11 Å².